The van der Waals surface area contributed by atoms with Gasteiger partial charge < -0.3 is 19.5 Å². The summed E-state index contributed by atoms with van der Waals surface area (Å²) in [6, 6.07) is 13.2. The summed E-state index contributed by atoms with van der Waals surface area (Å²) in [5.74, 6) is -2.09. The molecule has 166 valence electrons. The third-order valence-electron chi connectivity index (χ3n) is 5.23. The molecular formula is C24H25N3O5. The van der Waals surface area contributed by atoms with E-state index in [-0.39, 0.29) is 18.0 Å². The average molecular weight is 435 g/mol. The number of rotatable bonds is 8. The maximum absolute atomic E-state index is 12.9. The first kappa shape index (κ1) is 22.7. The Morgan fingerprint density at radius 3 is 2.25 bits per heavy atom. The number of methoxy groups -OCH3 is 1. The predicted molar refractivity (Wildman–Crippen MR) is 121 cm³/mol. The molecule has 3 aromatic rings. The van der Waals surface area contributed by atoms with Crippen LogP contribution in [0.5, 0.6) is 0 Å². The largest absolute Gasteiger partial charge is 0.465 e. The number of carbonyl (C=O) groups is 4. The molecule has 0 saturated heterocycles. The molecule has 8 nitrogen and oxygen atoms in total. The van der Waals surface area contributed by atoms with Gasteiger partial charge in [-0.3, -0.25) is 14.4 Å². The van der Waals surface area contributed by atoms with Crippen LogP contribution in [0.2, 0.25) is 0 Å². The molecule has 0 saturated carbocycles. The van der Waals surface area contributed by atoms with Crippen LogP contribution in [0.3, 0.4) is 0 Å². The summed E-state index contributed by atoms with van der Waals surface area (Å²) >= 11 is 0. The van der Waals surface area contributed by atoms with Crippen LogP contribution >= 0.6 is 0 Å². The molecule has 32 heavy (non-hydrogen) atoms. The Bertz CT molecular complexity index is 1160. The van der Waals surface area contributed by atoms with Crippen molar-refractivity contribution in [1.29, 1.82) is 0 Å². The zero-order valence-corrected chi connectivity index (χ0v) is 18.3. The monoisotopic (exact) mass is 435 g/mol. The highest BCUT2D eigenvalue weighted by atomic mass is 16.5. The lowest BCUT2D eigenvalue weighted by atomic mass is 10.1. The number of nitrogens with zero attached hydrogens (tertiary/aromatic N) is 2. The van der Waals surface area contributed by atoms with E-state index in [1.807, 2.05) is 26.0 Å². The van der Waals surface area contributed by atoms with Crippen molar-refractivity contribution in [3.05, 3.63) is 65.9 Å². The van der Waals surface area contributed by atoms with Gasteiger partial charge in [-0.15, -0.1) is 0 Å². The molecule has 8 heteroatoms. The van der Waals surface area contributed by atoms with E-state index in [0.29, 0.717) is 35.2 Å². The lowest BCUT2D eigenvalue weighted by Gasteiger charge is -2.19. The first-order chi connectivity index (χ1) is 15.4. The highest BCUT2D eigenvalue weighted by molar-refractivity contribution is 6.48. The second-order valence-electron chi connectivity index (χ2n) is 7.11. The molecule has 1 aromatic heterocycles. The number of ketones is 1. The van der Waals surface area contributed by atoms with Gasteiger partial charge in [-0.05, 0) is 44.2 Å². The Balaban J connectivity index is 1.84. The molecule has 2 amide bonds. The lowest BCUT2D eigenvalue weighted by Crippen LogP contribution is -2.33. The molecule has 0 aliphatic heterocycles. The van der Waals surface area contributed by atoms with E-state index >= 15 is 0 Å². The van der Waals surface area contributed by atoms with Gasteiger partial charge in [-0.2, -0.15) is 0 Å². The van der Waals surface area contributed by atoms with E-state index in [9.17, 15) is 19.2 Å². The van der Waals surface area contributed by atoms with Crippen LogP contribution in [0.1, 0.15) is 34.6 Å². The van der Waals surface area contributed by atoms with Crippen LogP contribution < -0.4 is 5.32 Å². The summed E-state index contributed by atoms with van der Waals surface area (Å²) in [7, 11) is 1.28. The van der Waals surface area contributed by atoms with Gasteiger partial charge in [0.2, 0.25) is 5.91 Å². The molecule has 3 rings (SSSR count). The number of carbonyl (C=O) groups excluding carboxylic acids is 4. The molecular weight excluding hydrogens is 410 g/mol. The number of hydrogen-bond acceptors (Lipinski definition) is 5. The zero-order valence-electron chi connectivity index (χ0n) is 18.3. The van der Waals surface area contributed by atoms with Crippen LogP contribution in [-0.2, 0) is 20.9 Å². The summed E-state index contributed by atoms with van der Waals surface area (Å²) in [6.07, 6.45) is 1.55. The van der Waals surface area contributed by atoms with E-state index in [2.05, 4.69) is 10.1 Å². The van der Waals surface area contributed by atoms with E-state index in [1.54, 1.807) is 27.8 Å². The number of esters is 1. The summed E-state index contributed by atoms with van der Waals surface area (Å²) in [5.41, 5.74) is 1.62. The SMILES string of the molecule is CCN(CC)C(=O)Cn1cc(C(=O)C(=O)Nc2ccc(C(=O)OC)cc2)c2ccccc21. The fraction of sp³-hybridized carbons (Fsp3) is 0.250. The van der Waals surface area contributed by atoms with Gasteiger partial charge in [0.25, 0.3) is 11.7 Å². The maximum atomic E-state index is 12.9. The van der Waals surface area contributed by atoms with Crippen molar-refractivity contribution in [3.8, 4) is 0 Å². The van der Waals surface area contributed by atoms with E-state index in [0.717, 1.165) is 0 Å². The third kappa shape index (κ3) is 4.69. The smallest absolute Gasteiger partial charge is 0.337 e. The molecule has 0 radical (unpaired) electrons. The van der Waals surface area contributed by atoms with Crippen molar-refractivity contribution in [3.63, 3.8) is 0 Å². The number of hydrogen-bond donors (Lipinski definition) is 1. The minimum absolute atomic E-state index is 0.0649. The first-order valence-electron chi connectivity index (χ1n) is 10.3. The Kier molecular flexibility index (Phi) is 7.04. The number of nitrogens with one attached hydrogen (secondary N) is 1. The van der Waals surface area contributed by atoms with Gasteiger partial charge in [0.1, 0.15) is 6.54 Å². The number of ether oxygens (including phenoxy) is 1. The highest BCUT2D eigenvalue weighted by Gasteiger charge is 2.23. The minimum Gasteiger partial charge on any atom is -0.465 e. The normalized spacial score (nSPS) is 10.6. The second-order valence-corrected chi connectivity index (χ2v) is 7.11. The number of fused-ring (bicyclic) bond motifs is 1. The maximum Gasteiger partial charge on any atom is 0.337 e. The number of Topliss-reactive ketones (excluding diaryl/α,β-unsaturated/α-hetero) is 1. The summed E-state index contributed by atoms with van der Waals surface area (Å²) in [5, 5.41) is 3.15. The van der Waals surface area contributed by atoms with Gasteiger partial charge in [0.05, 0.1) is 18.2 Å². The van der Waals surface area contributed by atoms with E-state index < -0.39 is 17.7 Å². The zero-order chi connectivity index (χ0) is 23.3. The number of para-hydroxylation sites is 1. The molecule has 1 N–H and O–H groups in total. The van der Waals surface area contributed by atoms with Crippen LogP contribution in [0.4, 0.5) is 5.69 Å². The van der Waals surface area contributed by atoms with Gasteiger partial charge >= 0.3 is 5.97 Å². The Hall–Kier alpha value is -3.94. The molecule has 0 bridgehead atoms. The number of anilines is 1. The van der Waals surface area contributed by atoms with Gasteiger partial charge in [-0.1, -0.05) is 18.2 Å². The summed E-state index contributed by atoms with van der Waals surface area (Å²) in [4.78, 5) is 51.4. The Morgan fingerprint density at radius 1 is 0.969 bits per heavy atom. The molecule has 0 aliphatic rings. The quantitative estimate of drug-likeness (QED) is 0.333. The fourth-order valence-electron chi connectivity index (χ4n) is 3.50. The average Bonchev–Trinajstić information content (AvgIpc) is 3.17. The molecule has 2 aromatic carbocycles. The fourth-order valence-corrected chi connectivity index (χ4v) is 3.50. The van der Waals surface area contributed by atoms with Gasteiger partial charge in [-0.25, -0.2) is 4.79 Å². The molecule has 1 heterocycles. The number of benzene rings is 2. The van der Waals surface area contributed by atoms with Crippen molar-refractivity contribution in [1.82, 2.24) is 9.47 Å². The standard InChI is InChI=1S/C24H25N3O5/c1-4-26(5-2)21(28)15-27-14-19(18-8-6-7-9-20(18)27)22(29)23(30)25-17-12-10-16(11-13-17)24(31)32-3/h6-14H,4-5,15H2,1-3H3,(H,25,30). The van der Waals surface area contributed by atoms with Gasteiger partial charge in [0, 0.05) is 35.9 Å². The number of likely N-dealkylation sites (N-methyl/N-ethyl adjacent to an activating group) is 1. The molecule has 0 unspecified atom stereocenters. The second kappa shape index (κ2) is 9.91. The molecule has 0 aliphatic carbocycles. The summed E-state index contributed by atoms with van der Waals surface area (Å²) in [6.45, 7) is 5.08. The van der Waals surface area contributed by atoms with Crippen molar-refractivity contribution < 1.29 is 23.9 Å². The third-order valence-corrected chi connectivity index (χ3v) is 5.23. The van der Waals surface area contributed by atoms with Crippen molar-refractivity contribution in [2.45, 2.75) is 20.4 Å². The number of amides is 2. The van der Waals surface area contributed by atoms with Crippen molar-refractivity contribution >= 4 is 40.2 Å². The Labute approximate surface area is 185 Å². The van der Waals surface area contributed by atoms with Crippen molar-refractivity contribution in [2.75, 3.05) is 25.5 Å². The van der Waals surface area contributed by atoms with Crippen LogP contribution in [0.25, 0.3) is 10.9 Å². The van der Waals surface area contributed by atoms with Crippen molar-refractivity contribution in [2.24, 2.45) is 0 Å². The number of aromatic nitrogens is 1. The topological polar surface area (TPSA) is 97.7 Å². The van der Waals surface area contributed by atoms with E-state index in [4.69, 9.17) is 0 Å². The predicted octanol–water partition coefficient (Wildman–Crippen LogP) is 3.12. The first-order valence-corrected chi connectivity index (χ1v) is 10.3. The molecule has 0 spiro atoms. The van der Waals surface area contributed by atoms with Crippen LogP contribution in [-0.4, -0.2) is 53.2 Å². The summed E-state index contributed by atoms with van der Waals surface area (Å²) < 4.78 is 6.34. The minimum atomic E-state index is -0.811. The van der Waals surface area contributed by atoms with E-state index in [1.165, 1.54) is 31.4 Å². The lowest BCUT2D eigenvalue weighted by molar-refractivity contribution is -0.131. The highest BCUT2D eigenvalue weighted by Crippen LogP contribution is 2.23. The van der Waals surface area contributed by atoms with Crippen LogP contribution in [0.15, 0.2) is 54.7 Å². The molecule has 0 fully saturated rings. The van der Waals surface area contributed by atoms with Gasteiger partial charge in [0.15, 0.2) is 0 Å². The Morgan fingerprint density at radius 2 is 1.62 bits per heavy atom. The van der Waals surface area contributed by atoms with Crippen LogP contribution in [0, 0.1) is 0 Å². The molecule has 0 atom stereocenters.